The van der Waals surface area contributed by atoms with Crippen LogP contribution in [0.25, 0.3) is 0 Å². The predicted octanol–water partition coefficient (Wildman–Crippen LogP) is 2.86. The highest BCUT2D eigenvalue weighted by Crippen LogP contribution is 2.29. The molecule has 4 nitrogen and oxygen atoms in total. The molecule has 0 unspecified atom stereocenters. The topological polar surface area (TPSA) is 43.2 Å². The second kappa shape index (κ2) is 5.39. The van der Waals surface area contributed by atoms with E-state index in [4.69, 9.17) is 19.5 Å². The number of benzene rings is 1. The highest BCUT2D eigenvalue weighted by molar-refractivity contribution is 7.31. The Balaban J connectivity index is 2.18. The SMILES string of the molecule is CC[B-](C1=NC(C)(C)CO1)(C1=NC(C)(C)CO1)c1ccccc1. The van der Waals surface area contributed by atoms with Crippen molar-refractivity contribution >= 4 is 23.2 Å². The lowest BCUT2D eigenvalue weighted by molar-refractivity contribution is 0.278. The lowest BCUT2D eigenvalue weighted by atomic mass is 9.19. The fraction of sp³-hybridized carbons (Fsp3) is 0.556. The van der Waals surface area contributed by atoms with Gasteiger partial charge in [0.05, 0.1) is 11.1 Å². The van der Waals surface area contributed by atoms with E-state index in [0.717, 1.165) is 17.9 Å². The number of aliphatic imine (C=N–C) groups is 2. The second-order valence-electron chi connectivity index (χ2n) is 7.97. The summed E-state index contributed by atoms with van der Waals surface area (Å²) in [6, 6.07) is 10.4. The molecule has 2 aliphatic heterocycles. The average Bonchev–Trinajstić information content (AvgIpc) is 3.05. The van der Waals surface area contributed by atoms with Crippen molar-refractivity contribution in [2.75, 3.05) is 13.2 Å². The largest absolute Gasteiger partial charge is 0.518 e. The van der Waals surface area contributed by atoms with E-state index in [9.17, 15) is 0 Å². The summed E-state index contributed by atoms with van der Waals surface area (Å²) in [6.45, 7) is 11.8. The quantitative estimate of drug-likeness (QED) is 0.802. The van der Waals surface area contributed by atoms with Crippen LogP contribution in [0.1, 0.15) is 34.6 Å². The Morgan fingerprint density at radius 2 is 1.39 bits per heavy atom. The van der Waals surface area contributed by atoms with Crippen LogP contribution < -0.4 is 5.46 Å². The molecule has 0 fully saturated rings. The van der Waals surface area contributed by atoms with Crippen LogP contribution in [0.3, 0.4) is 0 Å². The summed E-state index contributed by atoms with van der Waals surface area (Å²) in [5.74, 6) is 1.58. The molecule has 1 aromatic rings. The molecular weight excluding hydrogens is 287 g/mol. The standard InChI is InChI=1S/C18H26BN2O2/c1-6-19(14-10-8-7-9-11-14,15-20-17(2,3)12-22-15)16-21-18(4,5)13-23-16/h7-11H,6,12-13H2,1-5H3/q-1. The van der Waals surface area contributed by atoms with Crippen LogP contribution in [-0.2, 0) is 9.47 Å². The zero-order valence-electron chi connectivity index (χ0n) is 14.8. The first-order chi connectivity index (χ1) is 10.8. The summed E-state index contributed by atoms with van der Waals surface area (Å²) in [6.07, 6.45) is -0.522. The molecule has 124 valence electrons. The maximum Gasteiger partial charge on any atom is 0.205 e. The first-order valence-corrected chi connectivity index (χ1v) is 8.48. The number of rotatable bonds is 4. The van der Waals surface area contributed by atoms with E-state index in [0.29, 0.717) is 13.2 Å². The molecule has 0 radical (unpaired) electrons. The second-order valence-corrected chi connectivity index (χ2v) is 7.97. The van der Waals surface area contributed by atoms with Crippen molar-refractivity contribution < 1.29 is 9.47 Å². The van der Waals surface area contributed by atoms with Crippen LogP contribution in [0.4, 0.5) is 0 Å². The molecule has 2 aliphatic rings. The Labute approximate surface area is 138 Å². The van der Waals surface area contributed by atoms with Gasteiger partial charge < -0.3 is 9.47 Å². The fourth-order valence-electron chi connectivity index (χ4n) is 3.49. The molecule has 0 saturated carbocycles. The van der Waals surface area contributed by atoms with Crippen molar-refractivity contribution in [2.45, 2.75) is 52.0 Å². The van der Waals surface area contributed by atoms with Crippen LogP contribution in [-0.4, -0.2) is 42.0 Å². The van der Waals surface area contributed by atoms with E-state index in [-0.39, 0.29) is 11.1 Å². The van der Waals surface area contributed by atoms with Gasteiger partial charge >= 0.3 is 0 Å². The van der Waals surface area contributed by atoms with Crippen molar-refractivity contribution in [3.8, 4) is 0 Å². The van der Waals surface area contributed by atoms with Gasteiger partial charge in [-0.15, -0.1) is 0 Å². The van der Waals surface area contributed by atoms with Crippen molar-refractivity contribution in [1.82, 2.24) is 0 Å². The third kappa shape index (κ3) is 2.77. The summed E-state index contributed by atoms with van der Waals surface area (Å²) < 4.78 is 12.2. The number of ether oxygens (including phenoxy) is 2. The van der Waals surface area contributed by atoms with E-state index < -0.39 is 6.15 Å². The maximum absolute atomic E-state index is 6.08. The molecule has 0 spiro atoms. The van der Waals surface area contributed by atoms with Gasteiger partial charge in [0.1, 0.15) is 13.2 Å². The van der Waals surface area contributed by atoms with Crippen LogP contribution in [0.5, 0.6) is 0 Å². The van der Waals surface area contributed by atoms with Gasteiger partial charge in [0.2, 0.25) is 6.15 Å². The van der Waals surface area contributed by atoms with Gasteiger partial charge in [-0.1, -0.05) is 37.3 Å². The lowest BCUT2D eigenvalue weighted by Gasteiger charge is -2.38. The molecule has 0 saturated heterocycles. The molecule has 3 rings (SSSR count). The maximum atomic E-state index is 6.08. The van der Waals surface area contributed by atoms with Gasteiger partial charge in [0.15, 0.2) is 0 Å². The number of hydrogen-bond acceptors (Lipinski definition) is 4. The number of hydrogen-bond donors (Lipinski definition) is 0. The molecule has 0 bridgehead atoms. The molecule has 5 heteroatoms. The van der Waals surface area contributed by atoms with E-state index in [1.54, 1.807) is 0 Å². The summed E-state index contributed by atoms with van der Waals surface area (Å²) >= 11 is 0. The van der Waals surface area contributed by atoms with Crippen molar-refractivity contribution in [3.63, 3.8) is 0 Å². The summed E-state index contributed by atoms with van der Waals surface area (Å²) in [4.78, 5) is 9.79. The van der Waals surface area contributed by atoms with E-state index in [2.05, 4.69) is 58.9 Å². The molecule has 23 heavy (non-hydrogen) atoms. The summed E-state index contributed by atoms with van der Waals surface area (Å²) in [5, 5.41) is 0. The van der Waals surface area contributed by atoms with Crippen LogP contribution in [0.2, 0.25) is 6.32 Å². The minimum absolute atomic E-state index is 0.193. The zero-order valence-corrected chi connectivity index (χ0v) is 14.8. The average molecular weight is 313 g/mol. The van der Waals surface area contributed by atoms with Crippen LogP contribution in [0, 0.1) is 0 Å². The van der Waals surface area contributed by atoms with E-state index in [1.165, 1.54) is 5.46 Å². The van der Waals surface area contributed by atoms with E-state index in [1.807, 2.05) is 6.07 Å². The minimum atomic E-state index is -1.38. The van der Waals surface area contributed by atoms with E-state index >= 15 is 0 Å². The third-order valence-electron chi connectivity index (χ3n) is 4.80. The van der Waals surface area contributed by atoms with Gasteiger partial charge in [-0.3, -0.25) is 9.98 Å². The van der Waals surface area contributed by atoms with Crippen LogP contribution in [0.15, 0.2) is 40.3 Å². The molecular formula is C18H26BN2O2-. The number of nitrogens with zero attached hydrogens (tertiary/aromatic N) is 2. The van der Waals surface area contributed by atoms with Gasteiger partial charge in [-0.25, -0.2) is 0 Å². The monoisotopic (exact) mass is 313 g/mol. The van der Waals surface area contributed by atoms with Gasteiger partial charge in [-0.05, 0) is 27.7 Å². The van der Waals surface area contributed by atoms with Gasteiger partial charge in [-0.2, -0.15) is 11.8 Å². The Morgan fingerprint density at radius 1 is 0.913 bits per heavy atom. The molecule has 0 N–H and O–H groups in total. The lowest BCUT2D eigenvalue weighted by Crippen LogP contribution is -2.62. The van der Waals surface area contributed by atoms with Gasteiger partial charge in [0.25, 0.3) is 0 Å². The molecule has 0 atom stereocenters. The Kier molecular flexibility index (Phi) is 3.78. The van der Waals surface area contributed by atoms with Crippen LogP contribution >= 0.6 is 0 Å². The summed E-state index contributed by atoms with van der Waals surface area (Å²) in [5.41, 5.74) is 0.796. The van der Waals surface area contributed by atoms with Crippen molar-refractivity contribution in [1.29, 1.82) is 0 Å². The molecule has 1 aromatic carbocycles. The van der Waals surface area contributed by atoms with Gasteiger partial charge in [0, 0.05) is 11.6 Å². The fourth-order valence-corrected chi connectivity index (χ4v) is 3.49. The summed E-state index contributed by atoms with van der Waals surface area (Å²) in [7, 11) is 0. The first kappa shape index (κ1) is 16.1. The molecule has 0 aromatic heterocycles. The Bertz CT molecular complexity index is 616. The Hall–Kier alpha value is -1.78. The highest BCUT2D eigenvalue weighted by atomic mass is 16.5. The normalized spacial score (nSPS) is 22.1. The zero-order chi connectivity index (χ0) is 16.7. The van der Waals surface area contributed by atoms with Crippen molar-refractivity contribution in [3.05, 3.63) is 30.3 Å². The highest BCUT2D eigenvalue weighted by Gasteiger charge is 2.45. The molecule has 2 heterocycles. The smallest absolute Gasteiger partial charge is 0.205 e. The van der Waals surface area contributed by atoms with Crippen molar-refractivity contribution in [2.24, 2.45) is 9.98 Å². The Morgan fingerprint density at radius 3 is 1.74 bits per heavy atom. The molecule has 0 aliphatic carbocycles. The molecule has 0 amide bonds. The third-order valence-corrected chi connectivity index (χ3v) is 4.80. The minimum Gasteiger partial charge on any atom is -0.518 e. The predicted molar refractivity (Wildman–Crippen MR) is 97.2 cm³/mol. The first-order valence-electron chi connectivity index (χ1n) is 8.48.